The first-order chi connectivity index (χ1) is 14.8. The maximum Gasteiger partial charge on any atom is 0.243 e. The van der Waals surface area contributed by atoms with E-state index in [1.54, 1.807) is 17.0 Å². The molecule has 1 aliphatic rings. The molecule has 0 saturated carbocycles. The summed E-state index contributed by atoms with van der Waals surface area (Å²) >= 11 is 0. The van der Waals surface area contributed by atoms with Gasteiger partial charge in [0, 0.05) is 38.3 Å². The average Bonchev–Trinajstić information content (AvgIpc) is 3.11. The predicted molar refractivity (Wildman–Crippen MR) is 120 cm³/mol. The SMILES string of the molecule is Cc1cc(C)n([C@H](C)CC(=O)N2CCN(S(=O)(=O)c3ccc4ccccc4c3)CC2)n1. The van der Waals surface area contributed by atoms with Crippen molar-refractivity contribution in [3.05, 3.63) is 59.9 Å². The van der Waals surface area contributed by atoms with Crippen molar-refractivity contribution in [2.45, 2.75) is 38.1 Å². The van der Waals surface area contributed by atoms with Crippen molar-refractivity contribution in [2.75, 3.05) is 26.2 Å². The zero-order valence-electron chi connectivity index (χ0n) is 18.2. The van der Waals surface area contributed by atoms with E-state index >= 15 is 0 Å². The Bertz CT molecular complexity index is 1210. The third-order valence-corrected chi connectivity index (χ3v) is 7.78. The van der Waals surface area contributed by atoms with Gasteiger partial charge in [0.25, 0.3) is 0 Å². The molecule has 2 heterocycles. The lowest BCUT2D eigenvalue weighted by Gasteiger charge is -2.34. The maximum absolute atomic E-state index is 13.1. The molecule has 2 aromatic carbocycles. The van der Waals surface area contributed by atoms with Gasteiger partial charge in [-0.05, 0) is 49.7 Å². The van der Waals surface area contributed by atoms with E-state index in [2.05, 4.69) is 5.10 Å². The molecule has 1 aromatic heterocycles. The second-order valence-electron chi connectivity index (χ2n) is 8.22. The molecule has 0 radical (unpaired) electrons. The van der Waals surface area contributed by atoms with Crippen molar-refractivity contribution in [1.29, 1.82) is 0 Å². The van der Waals surface area contributed by atoms with Crippen LogP contribution in [0.3, 0.4) is 0 Å². The van der Waals surface area contributed by atoms with Gasteiger partial charge in [0.15, 0.2) is 0 Å². The molecule has 0 unspecified atom stereocenters. The number of aryl methyl sites for hydroxylation is 2. The van der Waals surface area contributed by atoms with Gasteiger partial charge < -0.3 is 4.90 Å². The molecule has 4 rings (SSSR count). The highest BCUT2D eigenvalue weighted by molar-refractivity contribution is 7.89. The minimum Gasteiger partial charge on any atom is -0.340 e. The number of carbonyl (C=O) groups excluding carboxylic acids is 1. The smallest absolute Gasteiger partial charge is 0.243 e. The third kappa shape index (κ3) is 4.36. The van der Waals surface area contributed by atoms with Crippen LogP contribution in [-0.2, 0) is 14.8 Å². The minimum absolute atomic E-state index is 0.0304. The molecule has 7 nitrogen and oxygen atoms in total. The Morgan fingerprint density at radius 1 is 1.00 bits per heavy atom. The zero-order valence-corrected chi connectivity index (χ0v) is 19.0. The Morgan fingerprint density at radius 2 is 1.68 bits per heavy atom. The first-order valence-corrected chi connectivity index (χ1v) is 12.0. The summed E-state index contributed by atoms with van der Waals surface area (Å²) in [6.45, 7) is 7.30. The number of amides is 1. The Balaban J connectivity index is 1.40. The van der Waals surface area contributed by atoms with Crippen molar-refractivity contribution in [3.8, 4) is 0 Å². The standard InChI is InChI=1S/C23H28N4O3S/c1-17-14-18(2)27(24-17)19(3)15-23(28)25-10-12-26(13-11-25)31(29,30)22-9-8-20-6-4-5-7-21(20)16-22/h4-9,14,16,19H,10-13,15H2,1-3H3/t19-/m1/s1. The van der Waals surface area contributed by atoms with Crippen molar-refractivity contribution in [1.82, 2.24) is 19.0 Å². The number of sulfonamides is 1. The number of benzene rings is 2. The highest BCUT2D eigenvalue weighted by Gasteiger charge is 2.30. The number of aromatic nitrogens is 2. The minimum atomic E-state index is -3.59. The summed E-state index contributed by atoms with van der Waals surface area (Å²) in [5.74, 6) is 0.0304. The number of piperazine rings is 1. The van der Waals surface area contributed by atoms with E-state index in [1.807, 2.05) is 61.9 Å². The molecule has 0 aliphatic carbocycles. The van der Waals surface area contributed by atoms with Crippen LogP contribution >= 0.6 is 0 Å². The molecule has 8 heteroatoms. The fraction of sp³-hybridized carbons (Fsp3) is 0.391. The fourth-order valence-electron chi connectivity index (χ4n) is 4.22. The van der Waals surface area contributed by atoms with Gasteiger partial charge in [0.05, 0.1) is 16.6 Å². The van der Waals surface area contributed by atoms with Crippen molar-refractivity contribution in [2.24, 2.45) is 0 Å². The molecule has 164 valence electrons. The van der Waals surface area contributed by atoms with Gasteiger partial charge in [-0.3, -0.25) is 9.48 Å². The van der Waals surface area contributed by atoms with Crippen LogP contribution in [0.4, 0.5) is 0 Å². The van der Waals surface area contributed by atoms with E-state index < -0.39 is 10.0 Å². The van der Waals surface area contributed by atoms with Crippen LogP contribution in [0, 0.1) is 13.8 Å². The summed E-state index contributed by atoms with van der Waals surface area (Å²) in [5.41, 5.74) is 1.97. The second kappa shape index (κ2) is 8.43. The van der Waals surface area contributed by atoms with Crippen molar-refractivity contribution >= 4 is 26.7 Å². The summed E-state index contributed by atoms with van der Waals surface area (Å²) in [5, 5.41) is 6.37. The van der Waals surface area contributed by atoms with Gasteiger partial charge in [-0.1, -0.05) is 30.3 Å². The number of fused-ring (bicyclic) bond motifs is 1. The Kier molecular flexibility index (Phi) is 5.85. The maximum atomic E-state index is 13.1. The molecule has 1 saturated heterocycles. The molecule has 1 fully saturated rings. The lowest BCUT2D eigenvalue weighted by molar-refractivity contribution is -0.133. The average molecular weight is 441 g/mol. The quantitative estimate of drug-likeness (QED) is 0.611. The lowest BCUT2D eigenvalue weighted by Crippen LogP contribution is -2.50. The van der Waals surface area contributed by atoms with E-state index in [0.717, 1.165) is 22.2 Å². The van der Waals surface area contributed by atoms with Crippen LogP contribution in [0.25, 0.3) is 10.8 Å². The molecule has 0 spiro atoms. The summed E-state index contributed by atoms with van der Waals surface area (Å²) in [6, 6.07) is 14.9. The van der Waals surface area contributed by atoms with Gasteiger partial charge >= 0.3 is 0 Å². The Morgan fingerprint density at radius 3 is 2.32 bits per heavy atom. The van der Waals surface area contributed by atoms with Crippen molar-refractivity contribution in [3.63, 3.8) is 0 Å². The predicted octanol–water partition coefficient (Wildman–Crippen LogP) is 3.14. The van der Waals surface area contributed by atoms with E-state index in [0.29, 0.717) is 37.5 Å². The molecule has 3 aromatic rings. The number of hydrogen-bond acceptors (Lipinski definition) is 4. The van der Waals surface area contributed by atoms with Gasteiger partial charge in [-0.25, -0.2) is 8.42 Å². The van der Waals surface area contributed by atoms with Gasteiger partial charge in [-0.2, -0.15) is 9.40 Å². The third-order valence-electron chi connectivity index (χ3n) is 5.88. The topological polar surface area (TPSA) is 75.5 Å². The Labute approximate surface area is 183 Å². The first kappa shape index (κ1) is 21.5. The van der Waals surface area contributed by atoms with Crippen molar-refractivity contribution < 1.29 is 13.2 Å². The monoisotopic (exact) mass is 440 g/mol. The molecule has 1 atom stereocenters. The Hall–Kier alpha value is -2.71. The van der Waals surface area contributed by atoms with Gasteiger partial charge in [-0.15, -0.1) is 0 Å². The van der Waals surface area contributed by atoms with E-state index in [-0.39, 0.29) is 11.9 Å². The van der Waals surface area contributed by atoms with Crippen LogP contribution in [0.15, 0.2) is 53.4 Å². The number of carbonyl (C=O) groups is 1. The normalized spacial score (nSPS) is 16.5. The van der Waals surface area contributed by atoms with E-state index in [9.17, 15) is 13.2 Å². The van der Waals surface area contributed by atoms with Crippen LogP contribution < -0.4 is 0 Å². The molecule has 1 aliphatic heterocycles. The van der Waals surface area contributed by atoms with Gasteiger partial charge in [0.1, 0.15) is 0 Å². The highest BCUT2D eigenvalue weighted by atomic mass is 32.2. The largest absolute Gasteiger partial charge is 0.340 e. The summed E-state index contributed by atoms with van der Waals surface area (Å²) in [4.78, 5) is 14.8. The lowest BCUT2D eigenvalue weighted by atomic mass is 10.1. The van der Waals surface area contributed by atoms with Crippen LogP contribution in [-0.4, -0.2) is 59.5 Å². The first-order valence-electron chi connectivity index (χ1n) is 10.5. The van der Waals surface area contributed by atoms with E-state index in [1.165, 1.54) is 4.31 Å². The van der Waals surface area contributed by atoms with Crippen LogP contribution in [0.2, 0.25) is 0 Å². The molecular weight excluding hydrogens is 412 g/mol. The molecule has 31 heavy (non-hydrogen) atoms. The highest BCUT2D eigenvalue weighted by Crippen LogP contribution is 2.23. The van der Waals surface area contributed by atoms with Gasteiger partial charge in [0.2, 0.25) is 15.9 Å². The summed E-state index contributed by atoms with van der Waals surface area (Å²) < 4.78 is 29.6. The summed E-state index contributed by atoms with van der Waals surface area (Å²) in [6.07, 6.45) is 0.347. The summed E-state index contributed by atoms with van der Waals surface area (Å²) in [7, 11) is -3.59. The molecule has 1 amide bonds. The molecule has 0 N–H and O–H groups in total. The molecular formula is C23H28N4O3S. The van der Waals surface area contributed by atoms with Crippen LogP contribution in [0.5, 0.6) is 0 Å². The number of nitrogens with zero attached hydrogens (tertiary/aromatic N) is 4. The molecule has 0 bridgehead atoms. The number of hydrogen-bond donors (Lipinski definition) is 0. The fourth-order valence-corrected chi connectivity index (χ4v) is 5.67. The van der Waals surface area contributed by atoms with E-state index in [4.69, 9.17) is 0 Å². The zero-order chi connectivity index (χ0) is 22.2. The second-order valence-corrected chi connectivity index (χ2v) is 10.2. The number of rotatable bonds is 5. The van der Waals surface area contributed by atoms with Crippen LogP contribution in [0.1, 0.15) is 30.8 Å².